The van der Waals surface area contributed by atoms with Crippen molar-refractivity contribution in [2.75, 3.05) is 0 Å². The Labute approximate surface area is 71.2 Å². The van der Waals surface area contributed by atoms with Crippen molar-refractivity contribution in [2.45, 2.75) is 19.3 Å². The van der Waals surface area contributed by atoms with E-state index in [1.165, 1.54) is 19.3 Å². The summed E-state index contributed by atoms with van der Waals surface area (Å²) < 4.78 is 0.458. The van der Waals surface area contributed by atoms with Crippen LogP contribution in [0.15, 0.2) is 10.6 Å². The maximum absolute atomic E-state index is 5.55. The lowest BCUT2D eigenvalue weighted by Crippen LogP contribution is -1.81. The number of halogens is 2. The number of hydrogen-bond donors (Lipinski definition) is 0. The molecule has 0 bridgehead atoms. The van der Waals surface area contributed by atoms with E-state index in [0.717, 1.165) is 17.8 Å². The van der Waals surface area contributed by atoms with Gasteiger partial charge in [0, 0.05) is 0 Å². The van der Waals surface area contributed by atoms with Crippen molar-refractivity contribution in [1.29, 1.82) is 0 Å². The minimum atomic E-state index is 0.458. The van der Waals surface area contributed by atoms with Crippen molar-refractivity contribution in [1.82, 2.24) is 0 Å². The van der Waals surface area contributed by atoms with Crippen LogP contribution in [0.5, 0.6) is 0 Å². The monoisotopic (exact) mass is 176 g/mol. The van der Waals surface area contributed by atoms with Crippen molar-refractivity contribution in [2.24, 2.45) is 17.8 Å². The average molecular weight is 177 g/mol. The van der Waals surface area contributed by atoms with Crippen LogP contribution in [-0.4, -0.2) is 0 Å². The zero-order chi connectivity index (χ0) is 7.14. The first-order valence-electron chi connectivity index (χ1n) is 3.82. The number of allylic oxidation sites excluding steroid dienone is 1. The third-order valence-electron chi connectivity index (χ3n) is 2.79. The summed E-state index contributed by atoms with van der Waals surface area (Å²) in [6.45, 7) is 0. The lowest BCUT2D eigenvalue weighted by atomic mass is 10.1. The van der Waals surface area contributed by atoms with Gasteiger partial charge < -0.3 is 0 Å². The Morgan fingerprint density at radius 1 is 1.20 bits per heavy atom. The molecule has 0 radical (unpaired) electrons. The van der Waals surface area contributed by atoms with Crippen LogP contribution in [0.25, 0.3) is 0 Å². The number of hydrogen-bond acceptors (Lipinski definition) is 0. The van der Waals surface area contributed by atoms with Gasteiger partial charge in [0.15, 0.2) is 0 Å². The van der Waals surface area contributed by atoms with E-state index >= 15 is 0 Å². The lowest BCUT2D eigenvalue weighted by Gasteiger charge is -1.93. The Balaban J connectivity index is 1.95. The summed E-state index contributed by atoms with van der Waals surface area (Å²) in [5, 5.41) is 0. The molecule has 2 heteroatoms. The number of fused-ring (bicyclic) bond motifs is 1. The highest BCUT2D eigenvalue weighted by Crippen LogP contribution is 2.58. The topological polar surface area (TPSA) is 0 Å². The molecule has 2 aliphatic carbocycles. The van der Waals surface area contributed by atoms with Gasteiger partial charge in [-0.1, -0.05) is 35.7 Å². The first kappa shape index (κ1) is 7.00. The molecule has 0 spiro atoms. The molecule has 2 saturated carbocycles. The summed E-state index contributed by atoms with van der Waals surface area (Å²) in [6.07, 6.45) is 6.22. The molecule has 0 aliphatic heterocycles. The van der Waals surface area contributed by atoms with Gasteiger partial charge in [-0.25, -0.2) is 0 Å². The molecule has 0 saturated heterocycles. The van der Waals surface area contributed by atoms with Gasteiger partial charge in [0.1, 0.15) is 4.49 Å². The standard InChI is InChI=1S/C8H10Cl2/c9-8(10)4-7-5-2-1-3-6(5)7/h4-7H,1-3H2/t5-,6+,7?. The fraction of sp³-hybridized carbons (Fsp3) is 0.750. The average Bonchev–Trinajstić information content (AvgIpc) is 2.40. The smallest absolute Gasteiger partial charge is 0.0712 e. The summed E-state index contributed by atoms with van der Waals surface area (Å²) >= 11 is 11.1. The van der Waals surface area contributed by atoms with Crippen LogP contribution in [0.4, 0.5) is 0 Å². The van der Waals surface area contributed by atoms with Gasteiger partial charge in [0.05, 0.1) is 0 Å². The van der Waals surface area contributed by atoms with Crippen LogP contribution >= 0.6 is 23.2 Å². The lowest BCUT2D eigenvalue weighted by molar-refractivity contribution is 0.665. The molecule has 0 aromatic carbocycles. The van der Waals surface area contributed by atoms with E-state index in [0.29, 0.717) is 4.49 Å². The molecule has 0 aromatic rings. The molecule has 1 unspecified atom stereocenters. The van der Waals surface area contributed by atoms with Gasteiger partial charge in [0.25, 0.3) is 0 Å². The van der Waals surface area contributed by atoms with E-state index in [1.54, 1.807) is 0 Å². The molecule has 2 aliphatic rings. The molecule has 10 heavy (non-hydrogen) atoms. The normalized spacial score (nSPS) is 42.8. The second kappa shape index (κ2) is 2.42. The first-order valence-corrected chi connectivity index (χ1v) is 4.57. The molecule has 0 nitrogen and oxygen atoms in total. The van der Waals surface area contributed by atoms with Gasteiger partial charge >= 0.3 is 0 Å². The maximum Gasteiger partial charge on any atom is 0.103 e. The minimum absolute atomic E-state index is 0.458. The van der Waals surface area contributed by atoms with E-state index in [4.69, 9.17) is 23.2 Å². The Hall–Kier alpha value is 0.320. The van der Waals surface area contributed by atoms with E-state index in [2.05, 4.69) is 0 Å². The summed E-state index contributed by atoms with van der Waals surface area (Å²) in [7, 11) is 0. The van der Waals surface area contributed by atoms with Crippen molar-refractivity contribution < 1.29 is 0 Å². The highest BCUT2D eigenvalue weighted by Gasteiger charge is 2.50. The third-order valence-corrected chi connectivity index (χ3v) is 3.04. The summed E-state index contributed by atoms with van der Waals surface area (Å²) in [5.74, 6) is 2.61. The first-order chi connectivity index (χ1) is 4.79. The van der Waals surface area contributed by atoms with E-state index in [9.17, 15) is 0 Å². The van der Waals surface area contributed by atoms with Crippen molar-refractivity contribution >= 4 is 23.2 Å². The largest absolute Gasteiger partial charge is 0.103 e. The summed E-state index contributed by atoms with van der Waals surface area (Å²) in [5.41, 5.74) is 0. The number of rotatable bonds is 1. The Morgan fingerprint density at radius 3 is 2.30 bits per heavy atom. The second-order valence-electron chi connectivity index (χ2n) is 3.29. The zero-order valence-corrected chi connectivity index (χ0v) is 7.20. The van der Waals surface area contributed by atoms with Crippen LogP contribution in [0.3, 0.4) is 0 Å². The predicted octanol–water partition coefficient (Wildman–Crippen LogP) is 3.35. The van der Waals surface area contributed by atoms with Crippen molar-refractivity contribution in [3.63, 3.8) is 0 Å². The third kappa shape index (κ3) is 1.08. The summed E-state index contributed by atoms with van der Waals surface area (Å²) in [6, 6.07) is 0. The van der Waals surface area contributed by atoms with Gasteiger partial charge in [-0.05, 0) is 30.6 Å². The van der Waals surface area contributed by atoms with Crippen LogP contribution in [0, 0.1) is 17.8 Å². The Kier molecular flexibility index (Phi) is 1.69. The van der Waals surface area contributed by atoms with Gasteiger partial charge in [-0.2, -0.15) is 0 Å². The predicted molar refractivity (Wildman–Crippen MR) is 44.1 cm³/mol. The van der Waals surface area contributed by atoms with Gasteiger partial charge in [-0.15, -0.1) is 0 Å². The van der Waals surface area contributed by atoms with E-state index < -0.39 is 0 Å². The second-order valence-corrected chi connectivity index (χ2v) is 4.30. The maximum atomic E-state index is 5.55. The molecule has 0 N–H and O–H groups in total. The zero-order valence-electron chi connectivity index (χ0n) is 5.69. The minimum Gasteiger partial charge on any atom is -0.0712 e. The highest BCUT2D eigenvalue weighted by molar-refractivity contribution is 6.55. The highest BCUT2D eigenvalue weighted by atomic mass is 35.5. The van der Waals surface area contributed by atoms with Gasteiger partial charge in [0.2, 0.25) is 0 Å². The molecule has 56 valence electrons. The van der Waals surface area contributed by atoms with Gasteiger partial charge in [-0.3, -0.25) is 0 Å². The molecule has 2 fully saturated rings. The SMILES string of the molecule is ClC(Cl)=CC1[C@H]2CCC[C@@H]12. The van der Waals surface area contributed by atoms with Crippen LogP contribution in [-0.2, 0) is 0 Å². The molecule has 2 rings (SSSR count). The molecule has 0 heterocycles. The quantitative estimate of drug-likeness (QED) is 0.576. The Bertz CT molecular complexity index is 160. The molecule has 0 amide bonds. The van der Waals surface area contributed by atoms with E-state index in [1.807, 2.05) is 6.08 Å². The Morgan fingerprint density at radius 2 is 1.80 bits per heavy atom. The molecular weight excluding hydrogens is 167 g/mol. The fourth-order valence-corrected chi connectivity index (χ4v) is 2.56. The van der Waals surface area contributed by atoms with Crippen LogP contribution < -0.4 is 0 Å². The fourth-order valence-electron chi connectivity index (χ4n) is 2.27. The molecule has 3 atom stereocenters. The molecular formula is C8H10Cl2. The molecule has 0 aromatic heterocycles. The van der Waals surface area contributed by atoms with Crippen molar-refractivity contribution in [3.05, 3.63) is 10.6 Å². The summed E-state index contributed by atoms with van der Waals surface area (Å²) in [4.78, 5) is 0. The van der Waals surface area contributed by atoms with Crippen LogP contribution in [0.1, 0.15) is 19.3 Å². The van der Waals surface area contributed by atoms with E-state index in [-0.39, 0.29) is 0 Å². The van der Waals surface area contributed by atoms with Crippen molar-refractivity contribution in [3.8, 4) is 0 Å². The van der Waals surface area contributed by atoms with Crippen LogP contribution in [0.2, 0.25) is 0 Å².